The highest BCUT2D eigenvalue weighted by Crippen LogP contribution is 2.22. The van der Waals surface area contributed by atoms with E-state index in [4.69, 9.17) is 4.74 Å². The van der Waals surface area contributed by atoms with Gasteiger partial charge in [-0.3, -0.25) is 9.48 Å². The minimum absolute atomic E-state index is 0.150. The average Bonchev–Trinajstić information content (AvgIpc) is 3.35. The second kappa shape index (κ2) is 9.20. The van der Waals surface area contributed by atoms with Crippen LogP contribution >= 0.6 is 11.3 Å². The highest BCUT2D eigenvalue weighted by molar-refractivity contribution is 7.09. The Kier molecular flexibility index (Phi) is 6.44. The maximum Gasteiger partial charge on any atom is 0.223 e. The molecule has 3 aromatic rings. The number of nitrogens with zero attached hydrogens (tertiary/aromatic N) is 3. The molecule has 0 saturated carbocycles. The monoisotopic (exact) mass is 369 g/mol. The maximum atomic E-state index is 12.9. The fourth-order valence-corrected chi connectivity index (χ4v) is 3.56. The van der Waals surface area contributed by atoms with Crippen molar-refractivity contribution in [2.24, 2.45) is 0 Å². The van der Waals surface area contributed by atoms with E-state index in [2.05, 4.69) is 11.2 Å². The standard InChI is InChI=1S/C20H23N3O2S/c1-25-19-9-3-2-7-17(19)15-22(16-18-8-5-14-26-18)20(24)10-4-12-23-13-6-11-21-23/h2-3,5-9,11,13-14H,4,10,12,15-16H2,1H3. The van der Waals surface area contributed by atoms with Crippen LogP contribution < -0.4 is 4.74 Å². The normalized spacial score (nSPS) is 10.7. The van der Waals surface area contributed by atoms with Gasteiger partial charge in [0.15, 0.2) is 0 Å². The van der Waals surface area contributed by atoms with Gasteiger partial charge in [0.1, 0.15) is 5.75 Å². The van der Waals surface area contributed by atoms with Gasteiger partial charge in [0.25, 0.3) is 0 Å². The molecule has 5 nitrogen and oxygen atoms in total. The Morgan fingerprint density at radius 2 is 2.08 bits per heavy atom. The molecule has 0 radical (unpaired) electrons. The van der Waals surface area contributed by atoms with E-state index in [0.717, 1.165) is 24.3 Å². The van der Waals surface area contributed by atoms with E-state index in [1.54, 1.807) is 24.6 Å². The molecule has 0 bridgehead atoms. The van der Waals surface area contributed by atoms with Crippen LogP contribution in [0.3, 0.4) is 0 Å². The number of aromatic nitrogens is 2. The Morgan fingerprint density at radius 1 is 1.19 bits per heavy atom. The van der Waals surface area contributed by atoms with E-state index in [-0.39, 0.29) is 5.91 Å². The van der Waals surface area contributed by atoms with Crippen LogP contribution in [0.2, 0.25) is 0 Å². The highest BCUT2D eigenvalue weighted by Gasteiger charge is 2.17. The summed E-state index contributed by atoms with van der Waals surface area (Å²) in [7, 11) is 1.66. The van der Waals surface area contributed by atoms with Crippen LogP contribution in [0, 0.1) is 0 Å². The lowest BCUT2D eigenvalue weighted by Gasteiger charge is -2.23. The van der Waals surface area contributed by atoms with Gasteiger partial charge < -0.3 is 9.64 Å². The molecule has 2 heterocycles. The predicted octanol–water partition coefficient (Wildman–Crippen LogP) is 3.96. The second-order valence-electron chi connectivity index (χ2n) is 6.01. The number of thiophene rings is 1. The van der Waals surface area contributed by atoms with E-state index >= 15 is 0 Å². The minimum Gasteiger partial charge on any atom is -0.496 e. The van der Waals surface area contributed by atoms with Crippen molar-refractivity contribution in [1.82, 2.24) is 14.7 Å². The van der Waals surface area contributed by atoms with Crippen LogP contribution in [-0.2, 0) is 24.4 Å². The summed E-state index contributed by atoms with van der Waals surface area (Å²) < 4.78 is 7.30. The first-order chi connectivity index (χ1) is 12.8. The molecule has 26 heavy (non-hydrogen) atoms. The predicted molar refractivity (Wildman–Crippen MR) is 103 cm³/mol. The first-order valence-corrected chi connectivity index (χ1v) is 9.53. The Hall–Kier alpha value is -2.60. The van der Waals surface area contributed by atoms with Crippen LogP contribution in [0.1, 0.15) is 23.3 Å². The van der Waals surface area contributed by atoms with E-state index in [9.17, 15) is 4.79 Å². The summed E-state index contributed by atoms with van der Waals surface area (Å²) in [6, 6.07) is 13.8. The van der Waals surface area contributed by atoms with Gasteiger partial charge in [0.2, 0.25) is 5.91 Å². The van der Waals surface area contributed by atoms with Gasteiger partial charge in [-0.2, -0.15) is 5.10 Å². The van der Waals surface area contributed by atoms with Crippen LogP contribution in [0.4, 0.5) is 0 Å². The number of aryl methyl sites for hydroxylation is 1. The number of methoxy groups -OCH3 is 1. The third-order valence-electron chi connectivity index (χ3n) is 4.17. The number of hydrogen-bond donors (Lipinski definition) is 0. The topological polar surface area (TPSA) is 47.4 Å². The molecule has 0 fully saturated rings. The zero-order valence-corrected chi connectivity index (χ0v) is 15.7. The molecule has 3 rings (SSSR count). The van der Waals surface area contributed by atoms with Gasteiger partial charge in [-0.05, 0) is 30.0 Å². The Balaban J connectivity index is 1.66. The zero-order valence-electron chi connectivity index (χ0n) is 14.9. The minimum atomic E-state index is 0.150. The van der Waals surface area contributed by atoms with Crippen LogP contribution in [-0.4, -0.2) is 27.7 Å². The molecule has 0 unspecified atom stereocenters. The first-order valence-electron chi connectivity index (χ1n) is 8.66. The van der Waals surface area contributed by atoms with Crippen molar-refractivity contribution in [2.45, 2.75) is 32.5 Å². The molecule has 0 aliphatic heterocycles. The quantitative estimate of drug-likeness (QED) is 0.573. The van der Waals surface area contributed by atoms with Crippen molar-refractivity contribution in [1.29, 1.82) is 0 Å². The van der Waals surface area contributed by atoms with Gasteiger partial charge in [0.05, 0.1) is 13.7 Å². The van der Waals surface area contributed by atoms with E-state index in [1.165, 1.54) is 4.88 Å². The second-order valence-corrected chi connectivity index (χ2v) is 7.05. The largest absolute Gasteiger partial charge is 0.496 e. The van der Waals surface area contributed by atoms with Gasteiger partial charge in [0, 0.05) is 42.3 Å². The molecule has 136 valence electrons. The molecule has 6 heteroatoms. The summed E-state index contributed by atoms with van der Waals surface area (Å²) >= 11 is 1.67. The summed E-state index contributed by atoms with van der Waals surface area (Å²) in [5.41, 5.74) is 1.02. The number of amides is 1. The lowest BCUT2D eigenvalue weighted by molar-refractivity contribution is -0.132. The maximum absolute atomic E-state index is 12.9. The van der Waals surface area contributed by atoms with Gasteiger partial charge in [-0.1, -0.05) is 24.3 Å². The van der Waals surface area contributed by atoms with Gasteiger partial charge >= 0.3 is 0 Å². The molecule has 0 N–H and O–H groups in total. The summed E-state index contributed by atoms with van der Waals surface area (Å²) in [4.78, 5) is 16.0. The molecular weight excluding hydrogens is 346 g/mol. The molecule has 1 amide bonds. The molecule has 2 aromatic heterocycles. The van der Waals surface area contributed by atoms with Crippen molar-refractivity contribution in [3.63, 3.8) is 0 Å². The van der Waals surface area contributed by atoms with E-state index in [0.29, 0.717) is 19.5 Å². The first kappa shape index (κ1) is 18.2. The summed E-state index contributed by atoms with van der Waals surface area (Å²) in [5, 5.41) is 6.23. The molecular formula is C20H23N3O2S. The third kappa shape index (κ3) is 4.95. The number of hydrogen-bond acceptors (Lipinski definition) is 4. The van der Waals surface area contributed by atoms with Crippen LogP contribution in [0.15, 0.2) is 60.2 Å². The Bertz CT molecular complexity index is 800. The molecule has 0 aliphatic rings. The lowest BCUT2D eigenvalue weighted by atomic mass is 10.1. The van der Waals surface area contributed by atoms with Crippen molar-refractivity contribution < 1.29 is 9.53 Å². The van der Waals surface area contributed by atoms with E-state index in [1.807, 2.05) is 57.6 Å². The number of para-hydroxylation sites is 1. The van der Waals surface area contributed by atoms with Crippen molar-refractivity contribution in [3.05, 3.63) is 70.7 Å². The van der Waals surface area contributed by atoms with Crippen LogP contribution in [0.5, 0.6) is 5.75 Å². The number of rotatable bonds is 9. The summed E-state index contributed by atoms with van der Waals surface area (Å²) in [5.74, 6) is 0.962. The van der Waals surface area contributed by atoms with Gasteiger partial charge in [-0.15, -0.1) is 11.3 Å². The van der Waals surface area contributed by atoms with E-state index < -0.39 is 0 Å². The van der Waals surface area contributed by atoms with Gasteiger partial charge in [-0.25, -0.2) is 0 Å². The van der Waals surface area contributed by atoms with Crippen molar-refractivity contribution in [2.75, 3.05) is 7.11 Å². The molecule has 1 aromatic carbocycles. The van der Waals surface area contributed by atoms with Crippen molar-refractivity contribution in [3.8, 4) is 5.75 Å². The summed E-state index contributed by atoms with van der Waals surface area (Å²) in [6.45, 7) is 1.92. The molecule has 0 saturated heterocycles. The molecule has 0 atom stereocenters. The number of carbonyl (C=O) groups excluding carboxylic acids is 1. The SMILES string of the molecule is COc1ccccc1CN(Cc1cccs1)C(=O)CCCn1cccn1. The van der Waals surface area contributed by atoms with Crippen molar-refractivity contribution >= 4 is 17.2 Å². The third-order valence-corrected chi connectivity index (χ3v) is 5.03. The summed E-state index contributed by atoms with van der Waals surface area (Å²) in [6.07, 6.45) is 4.95. The number of benzene rings is 1. The average molecular weight is 369 g/mol. The zero-order chi connectivity index (χ0) is 18.2. The molecule has 0 spiro atoms. The lowest BCUT2D eigenvalue weighted by Crippen LogP contribution is -2.30. The Morgan fingerprint density at radius 3 is 2.81 bits per heavy atom. The Labute approximate surface area is 157 Å². The van der Waals surface area contributed by atoms with Crippen LogP contribution in [0.25, 0.3) is 0 Å². The fourth-order valence-electron chi connectivity index (χ4n) is 2.85. The number of ether oxygens (including phenoxy) is 1. The fraction of sp³-hybridized carbons (Fsp3) is 0.300. The highest BCUT2D eigenvalue weighted by atomic mass is 32.1. The number of carbonyl (C=O) groups is 1. The smallest absolute Gasteiger partial charge is 0.223 e. The molecule has 0 aliphatic carbocycles.